The summed E-state index contributed by atoms with van der Waals surface area (Å²) in [5, 5.41) is 3.34. The van der Waals surface area contributed by atoms with Crippen LogP contribution >= 0.6 is 11.6 Å². The van der Waals surface area contributed by atoms with Crippen molar-refractivity contribution in [1.82, 2.24) is 9.21 Å². The quantitative estimate of drug-likeness (QED) is 0.728. The molecule has 1 saturated heterocycles. The Morgan fingerprint density at radius 2 is 1.63 bits per heavy atom. The standard InChI is InChI=1S/C22H28ClN3O3S/c1-16(2)18-7-9-20(10-8-18)24-22(27)17(3)25-11-13-26(14-12-25)30(28,29)21-6-4-5-19(23)15-21/h4-10,15-17H,11-14H2,1-3H3,(H,24,27). The van der Waals surface area contributed by atoms with Gasteiger partial charge < -0.3 is 5.32 Å². The lowest BCUT2D eigenvalue weighted by Crippen LogP contribution is -2.53. The number of carbonyl (C=O) groups is 1. The first-order chi connectivity index (χ1) is 14.2. The molecule has 0 bridgehead atoms. The van der Waals surface area contributed by atoms with Crippen LogP contribution in [0, 0.1) is 0 Å². The summed E-state index contributed by atoms with van der Waals surface area (Å²) in [4.78, 5) is 14.9. The molecule has 1 amide bonds. The van der Waals surface area contributed by atoms with Crippen LogP contribution < -0.4 is 5.32 Å². The molecular formula is C22H28ClN3O3S. The van der Waals surface area contributed by atoms with E-state index in [9.17, 15) is 13.2 Å². The topological polar surface area (TPSA) is 69.7 Å². The van der Waals surface area contributed by atoms with Gasteiger partial charge in [0.05, 0.1) is 10.9 Å². The Hall–Kier alpha value is -1.93. The van der Waals surface area contributed by atoms with Crippen molar-refractivity contribution in [3.05, 3.63) is 59.1 Å². The van der Waals surface area contributed by atoms with Gasteiger partial charge in [-0.25, -0.2) is 8.42 Å². The van der Waals surface area contributed by atoms with E-state index in [1.807, 2.05) is 36.1 Å². The van der Waals surface area contributed by atoms with Crippen molar-refractivity contribution in [2.45, 2.75) is 37.6 Å². The largest absolute Gasteiger partial charge is 0.325 e. The predicted octanol–water partition coefficient (Wildman–Crippen LogP) is 3.80. The number of halogens is 1. The van der Waals surface area contributed by atoms with E-state index in [-0.39, 0.29) is 16.8 Å². The molecule has 0 radical (unpaired) electrons. The molecule has 6 nitrogen and oxygen atoms in total. The van der Waals surface area contributed by atoms with Crippen LogP contribution in [0.15, 0.2) is 53.4 Å². The molecular weight excluding hydrogens is 422 g/mol. The lowest BCUT2D eigenvalue weighted by molar-refractivity contribution is -0.121. The Morgan fingerprint density at radius 1 is 1.00 bits per heavy atom. The number of carbonyl (C=O) groups excluding carboxylic acids is 1. The SMILES string of the molecule is CC(C)c1ccc(NC(=O)C(C)N2CCN(S(=O)(=O)c3cccc(Cl)c3)CC2)cc1. The van der Waals surface area contributed by atoms with Crippen LogP contribution in [0.2, 0.25) is 5.02 Å². The molecule has 1 unspecified atom stereocenters. The Kier molecular flexibility index (Phi) is 7.18. The molecule has 1 aliphatic heterocycles. The third-order valence-corrected chi connectivity index (χ3v) is 7.61. The normalized spacial score (nSPS) is 17.1. The molecule has 0 saturated carbocycles. The van der Waals surface area contributed by atoms with Gasteiger partial charge >= 0.3 is 0 Å². The van der Waals surface area contributed by atoms with Crippen LogP contribution in [0.5, 0.6) is 0 Å². The third-order valence-electron chi connectivity index (χ3n) is 5.48. The number of rotatable bonds is 6. The predicted molar refractivity (Wildman–Crippen MR) is 120 cm³/mol. The van der Waals surface area contributed by atoms with Gasteiger partial charge in [-0.1, -0.05) is 43.6 Å². The summed E-state index contributed by atoms with van der Waals surface area (Å²) in [7, 11) is -3.59. The van der Waals surface area contributed by atoms with E-state index in [0.29, 0.717) is 37.1 Å². The molecule has 30 heavy (non-hydrogen) atoms. The molecule has 1 heterocycles. The minimum absolute atomic E-state index is 0.0987. The number of benzene rings is 2. The van der Waals surface area contributed by atoms with E-state index in [4.69, 9.17) is 11.6 Å². The monoisotopic (exact) mass is 449 g/mol. The van der Waals surface area contributed by atoms with Gasteiger partial charge in [0.2, 0.25) is 15.9 Å². The van der Waals surface area contributed by atoms with Crippen molar-refractivity contribution < 1.29 is 13.2 Å². The first-order valence-electron chi connectivity index (χ1n) is 10.1. The van der Waals surface area contributed by atoms with Crippen LogP contribution in [-0.4, -0.2) is 55.8 Å². The van der Waals surface area contributed by atoms with E-state index >= 15 is 0 Å². The molecule has 0 aliphatic carbocycles. The first kappa shape index (κ1) is 22.7. The Morgan fingerprint density at radius 3 is 2.20 bits per heavy atom. The fourth-order valence-electron chi connectivity index (χ4n) is 3.47. The molecule has 2 aromatic carbocycles. The summed E-state index contributed by atoms with van der Waals surface area (Å²) < 4.78 is 27.1. The lowest BCUT2D eigenvalue weighted by Gasteiger charge is -2.36. The van der Waals surface area contributed by atoms with Gasteiger partial charge in [-0.3, -0.25) is 9.69 Å². The van der Waals surface area contributed by atoms with Crippen LogP contribution in [-0.2, 0) is 14.8 Å². The van der Waals surface area contributed by atoms with Crippen molar-refractivity contribution in [3.63, 3.8) is 0 Å². The Balaban J connectivity index is 1.58. The zero-order valence-electron chi connectivity index (χ0n) is 17.5. The third kappa shape index (κ3) is 5.21. The van der Waals surface area contributed by atoms with Crippen molar-refractivity contribution in [3.8, 4) is 0 Å². The summed E-state index contributed by atoms with van der Waals surface area (Å²) in [5.74, 6) is 0.339. The van der Waals surface area contributed by atoms with E-state index < -0.39 is 10.0 Å². The van der Waals surface area contributed by atoms with Gasteiger partial charge in [-0.2, -0.15) is 4.31 Å². The highest BCUT2D eigenvalue weighted by Crippen LogP contribution is 2.22. The molecule has 1 fully saturated rings. The van der Waals surface area contributed by atoms with Crippen molar-refractivity contribution in [1.29, 1.82) is 0 Å². The summed E-state index contributed by atoms with van der Waals surface area (Å²) in [6.07, 6.45) is 0. The highest BCUT2D eigenvalue weighted by Gasteiger charge is 2.31. The van der Waals surface area contributed by atoms with Crippen molar-refractivity contribution in [2.75, 3.05) is 31.5 Å². The maximum absolute atomic E-state index is 12.8. The Labute approximate surface area is 183 Å². The van der Waals surface area contributed by atoms with Gasteiger partial charge in [0.1, 0.15) is 0 Å². The maximum Gasteiger partial charge on any atom is 0.243 e. The van der Waals surface area contributed by atoms with Crippen molar-refractivity contribution >= 4 is 33.2 Å². The van der Waals surface area contributed by atoms with Crippen LogP contribution in [0.25, 0.3) is 0 Å². The molecule has 0 aromatic heterocycles. The molecule has 162 valence electrons. The van der Waals surface area contributed by atoms with Gasteiger partial charge in [0.15, 0.2) is 0 Å². The van der Waals surface area contributed by atoms with Crippen LogP contribution in [0.3, 0.4) is 0 Å². The number of piperazine rings is 1. The summed E-state index contributed by atoms with van der Waals surface area (Å²) in [5.41, 5.74) is 1.98. The highest BCUT2D eigenvalue weighted by molar-refractivity contribution is 7.89. The Bertz CT molecular complexity index is 985. The number of amides is 1. The smallest absolute Gasteiger partial charge is 0.243 e. The number of hydrogen-bond acceptors (Lipinski definition) is 4. The number of nitrogens with one attached hydrogen (secondary N) is 1. The fraction of sp³-hybridized carbons (Fsp3) is 0.409. The van der Waals surface area contributed by atoms with Gasteiger partial charge in [0.25, 0.3) is 0 Å². The van der Waals surface area contributed by atoms with Gasteiger partial charge in [-0.15, -0.1) is 0 Å². The molecule has 1 aliphatic rings. The average molecular weight is 450 g/mol. The molecule has 8 heteroatoms. The van der Waals surface area contributed by atoms with Gasteiger partial charge in [0, 0.05) is 36.9 Å². The highest BCUT2D eigenvalue weighted by atomic mass is 35.5. The van der Waals surface area contributed by atoms with Crippen LogP contribution in [0.4, 0.5) is 5.69 Å². The van der Waals surface area contributed by atoms with Gasteiger partial charge in [-0.05, 0) is 48.7 Å². The zero-order chi connectivity index (χ0) is 21.9. The summed E-state index contributed by atoms with van der Waals surface area (Å²) in [6, 6.07) is 13.8. The van der Waals surface area contributed by atoms with E-state index in [1.54, 1.807) is 18.2 Å². The number of nitrogens with zero attached hydrogens (tertiary/aromatic N) is 2. The average Bonchev–Trinajstić information content (AvgIpc) is 2.73. The molecule has 3 rings (SSSR count). The van der Waals surface area contributed by atoms with Crippen LogP contribution in [0.1, 0.15) is 32.3 Å². The first-order valence-corrected chi connectivity index (χ1v) is 11.9. The lowest BCUT2D eigenvalue weighted by atomic mass is 10.0. The number of anilines is 1. The summed E-state index contributed by atoms with van der Waals surface area (Å²) in [6.45, 7) is 7.73. The van der Waals surface area contributed by atoms with E-state index in [0.717, 1.165) is 5.69 Å². The second-order valence-electron chi connectivity index (χ2n) is 7.84. The molecule has 0 spiro atoms. The van der Waals surface area contributed by atoms with E-state index in [1.165, 1.54) is 15.9 Å². The van der Waals surface area contributed by atoms with Crippen molar-refractivity contribution in [2.24, 2.45) is 0 Å². The maximum atomic E-state index is 12.8. The zero-order valence-corrected chi connectivity index (χ0v) is 19.1. The number of sulfonamides is 1. The van der Waals surface area contributed by atoms with E-state index in [2.05, 4.69) is 19.2 Å². The summed E-state index contributed by atoms with van der Waals surface area (Å²) >= 11 is 5.94. The second kappa shape index (κ2) is 9.47. The molecule has 1 N–H and O–H groups in total. The minimum Gasteiger partial charge on any atom is -0.325 e. The fourth-order valence-corrected chi connectivity index (χ4v) is 5.20. The minimum atomic E-state index is -3.59. The number of hydrogen-bond donors (Lipinski definition) is 1. The molecule has 2 aromatic rings. The second-order valence-corrected chi connectivity index (χ2v) is 10.2. The molecule has 1 atom stereocenters.